The summed E-state index contributed by atoms with van der Waals surface area (Å²) in [7, 11) is 0. The standard InChI is InChI=1S/C19H16ClNO2/c1-13(2)18(22)21-19(23)17(15-8-4-3-5-9-15)12-14-7-6-10-16(20)11-14/h3-12H,1H2,2H3,(H,21,22,23)/b17-12-. The van der Waals surface area contributed by atoms with E-state index in [-0.39, 0.29) is 5.57 Å². The van der Waals surface area contributed by atoms with Gasteiger partial charge in [-0.05, 0) is 36.3 Å². The molecule has 4 heteroatoms. The lowest BCUT2D eigenvalue weighted by molar-refractivity contribution is -0.125. The second kappa shape index (κ2) is 7.56. The van der Waals surface area contributed by atoms with Crippen LogP contribution in [0.5, 0.6) is 0 Å². The van der Waals surface area contributed by atoms with Crippen LogP contribution in [0, 0.1) is 0 Å². The molecule has 0 aliphatic carbocycles. The summed E-state index contributed by atoms with van der Waals surface area (Å²) in [5, 5.41) is 2.91. The minimum Gasteiger partial charge on any atom is -0.288 e. The molecule has 2 rings (SSSR count). The summed E-state index contributed by atoms with van der Waals surface area (Å²) < 4.78 is 0. The number of nitrogens with one attached hydrogen (secondary N) is 1. The van der Waals surface area contributed by atoms with Gasteiger partial charge < -0.3 is 0 Å². The maximum absolute atomic E-state index is 12.5. The number of amides is 2. The molecule has 2 aromatic carbocycles. The summed E-state index contributed by atoms with van der Waals surface area (Å²) in [6.45, 7) is 5.08. The zero-order valence-corrected chi connectivity index (χ0v) is 13.4. The van der Waals surface area contributed by atoms with Crippen molar-refractivity contribution in [3.8, 4) is 0 Å². The van der Waals surface area contributed by atoms with Gasteiger partial charge in [0, 0.05) is 16.2 Å². The van der Waals surface area contributed by atoms with Crippen molar-refractivity contribution >= 4 is 35.1 Å². The van der Waals surface area contributed by atoms with Crippen molar-refractivity contribution < 1.29 is 9.59 Å². The van der Waals surface area contributed by atoms with Gasteiger partial charge in [-0.25, -0.2) is 0 Å². The molecule has 2 amide bonds. The largest absolute Gasteiger partial charge is 0.288 e. The van der Waals surface area contributed by atoms with Gasteiger partial charge in [0.1, 0.15) is 0 Å². The Hall–Kier alpha value is -2.65. The molecule has 0 saturated heterocycles. The number of imide groups is 1. The average Bonchev–Trinajstić information content (AvgIpc) is 2.53. The van der Waals surface area contributed by atoms with E-state index in [2.05, 4.69) is 11.9 Å². The molecular formula is C19H16ClNO2. The van der Waals surface area contributed by atoms with Gasteiger partial charge in [-0.1, -0.05) is 60.6 Å². The molecule has 23 heavy (non-hydrogen) atoms. The molecule has 0 fully saturated rings. The first-order valence-electron chi connectivity index (χ1n) is 7.01. The maximum atomic E-state index is 12.5. The van der Waals surface area contributed by atoms with Crippen LogP contribution in [0.2, 0.25) is 5.02 Å². The minimum absolute atomic E-state index is 0.272. The van der Waals surface area contributed by atoms with E-state index in [1.54, 1.807) is 43.3 Å². The first kappa shape index (κ1) is 16.7. The highest BCUT2D eigenvalue weighted by atomic mass is 35.5. The molecule has 116 valence electrons. The average molecular weight is 326 g/mol. The van der Waals surface area contributed by atoms with Gasteiger partial charge >= 0.3 is 0 Å². The summed E-state index contributed by atoms with van der Waals surface area (Å²) in [5.74, 6) is -0.980. The van der Waals surface area contributed by atoms with Gasteiger partial charge in [-0.3, -0.25) is 14.9 Å². The summed E-state index contributed by atoms with van der Waals surface area (Å²) in [6.07, 6.45) is 1.70. The first-order valence-corrected chi connectivity index (χ1v) is 7.39. The Bertz CT molecular complexity index is 779. The Morgan fingerprint density at radius 2 is 1.74 bits per heavy atom. The summed E-state index contributed by atoms with van der Waals surface area (Å²) in [6, 6.07) is 16.3. The van der Waals surface area contributed by atoms with Crippen LogP contribution in [-0.2, 0) is 9.59 Å². The molecule has 0 aliphatic heterocycles. The van der Waals surface area contributed by atoms with Gasteiger partial charge in [0.2, 0.25) is 0 Å². The topological polar surface area (TPSA) is 46.2 Å². The maximum Gasteiger partial charge on any atom is 0.258 e. The van der Waals surface area contributed by atoms with Crippen molar-refractivity contribution in [3.05, 3.63) is 82.9 Å². The van der Waals surface area contributed by atoms with E-state index < -0.39 is 11.8 Å². The fourth-order valence-corrected chi connectivity index (χ4v) is 2.14. The van der Waals surface area contributed by atoms with E-state index in [0.29, 0.717) is 16.2 Å². The van der Waals surface area contributed by atoms with E-state index in [4.69, 9.17) is 11.6 Å². The lowest BCUT2D eigenvalue weighted by Crippen LogP contribution is -2.31. The Balaban J connectivity index is 2.42. The lowest BCUT2D eigenvalue weighted by Gasteiger charge is -2.09. The second-order valence-electron chi connectivity index (χ2n) is 5.04. The Morgan fingerprint density at radius 3 is 2.35 bits per heavy atom. The molecule has 0 spiro atoms. The fraction of sp³-hybridized carbons (Fsp3) is 0.0526. The highest BCUT2D eigenvalue weighted by Crippen LogP contribution is 2.20. The molecule has 0 unspecified atom stereocenters. The van der Waals surface area contributed by atoms with Crippen molar-refractivity contribution in [2.45, 2.75) is 6.92 Å². The first-order chi connectivity index (χ1) is 11.0. The predicted molar refractivity (Wildman–Crippen MR) is 93.7 cm³/mol. The molecule has 0 bridgehead atoms. The molecular weight excluding hydrogens is 310 g/mol. The Labute approximate surface area is 140 Å². The summed E-state index contributed by atoms with van der Waals surface area (Å²) in [5.41, 5.74) is 2.13. The smallest absolute Gasteiger partial charge is 0.258 e. The van der Waals surface area contributed by atoms with Gasteiger partial charge in [0.05, 0.1) is 0 Å². The Kier molecular flexibility index (Phi) is 5.50. The molecule has 0 aliphatic rings. The number of hydrogen-bond acceptors (Lipinski definition) is 2. The molecule has 2 aromatic rings. The third kappa shape index (κ3) is 4.66. The van der Waals surface area contributed by atoms with Crippen LogP contribution >= 0.6 is 11.6 Å². The van der Waals surface area contributed by atoms with Crippen molar-refractivity contribution in [1.29, 1.82) is 0 Å². The van der Waals surface area contributed by atoms with Crippen LogP contribution in [-0.4, -0.2) is 11.8 Å². The zero-order chi connectivity index (χ0) is 16.8. The normalized spacial score (nSPS) is 11.0. The quantitative estimate of drug-likeness (QED) is 0.679. The molecule has 0 saturated carbocycles. The predicted octanol–water partition coefficient (Wildman–Crippen LogP) is 4.10. The summed E-state index contributed by atoms with van der Waals surface area (Å²) in [4.78, 5) is 24.2. The zero-order valence-electron chi connectivity index (χ0n) is 12.7. The molecule has 1 N–H and O–H groups in total. The molecule has 0 atom stereocenters. The van der Waals surface area contributed by atoms with Crippen LogP contribution in [0.3, 0.4) is 0 Å². The van der Waals surface area contributed by atoms with Crippen LogP contribution in [0.25, 0.3) is 11.6 Å². The van der Waals surface area contributed by atoms with E-state index in [1.165, 1.54) is 0 Å². The molecule has 3 nitrogen and oxygen atoms in total. The van der Waals surface area contributed by atoms with E-state index in [9.17, 15) is 9.59 Å². The fourth-order valence-electron chi connectivity index (χ4n) is 1.94. The van der Waals surface area contributed by atoms with Crippen molar-refractivity contribution in [2.75, 3.05) is 0 Å². The molecule has 0 heterocycles. The number of hydrogen-bond donors (Lipinski definition) is 1. The monoisotopic (exact) mass is 325 g/mol. The number of rotatable bonds is 4. The second-order valence-corrected chi connectivity index (χ2v) is 5.48. The Morgan fingerprint density at radius 1 is 1.04 bits per heavy atom. The van der Waals surface area contributed by atoms with E-state index in [1.807, 2.05) is 24.3 Å². The third-order valence-corrected chi connectivity index (χ3v) is 3.34. The van der Waals surface area contributed by atoms with Gasteiger partial charge in [-0.15, -0.1) is 0 Å². The van der Waals surface area contributed by atoms with Crippen molar-refractivity contribution in [3.63, 3.8) is 0 Å². The third-order valence-electron chi connectivity index (χ3n) is 3.10. The van der Waals surface area contributed by atoms with E-state index >= 15 is 0 Å². The lowest BCUT2D eigenvalue weighted by atomic mass is 10.0. The number of carbonyl (C=O) groups is 2. The van der Waals surface area contributed by atoms with Crippen molar-refractivity contribution in [1.82, 2.24) is 5.32 Å². The molecule has 0 aromatic heterocycles. The highest BCUT2D eigenvalue weighted by Gasteiger charge is 2.15. The van der Waals surface area contributed by atoms with Gasteiger partial charge in [-0.2, -0.15) is 0 Å². The van der Waals surface area contributed by atoms with Gasteiger partial charge in [0.15, 0.2) is 0 Å². The van der Waals surface area contributed by atoms with Crippen LogP contribution in [0.4, 0.5) is 0 Å². The minimum atomic E-state index is -0.497. The van der Waals surface area contributed by atoms with Crippen molar-refractivity contribution in [2.24, 2.45) is 0 Å². The van der Waals surface area contributed by atoms with Crippen LogP contribution in [0.1, 0.15) is 18.1 Å². The van der Waals surface area contributed by atoms with Crippen LogP contribution < -0.4 is 5.32 Å². The van der Waals surface area contributed by atoms with Gasteiger partial charge in [0.25, 0.3) is 11.8 Å². The summed E-state index contributed by atoms with van der Waals surface area (Å²) >= 11 is 5.98. The van der Waals surface area contributed by atoms with Crippen LogP contribution in [0.15, 0.2) is 66.7 Å². The SMILES string of the molecule is C=C(C)C(=O)NC(=O)/C(=C\c1cccc(Cl)c1)c1ccccc1. The van der Waals surface area contributed by atoms with E-state index in [0.717, 1.165) is 5.56 Å². The number of carbonyl (C=O) groups excluding carboxylic acids is 2. The highest BCUT2D eigenvalue weighted by molar-refractivity contribution is 6.31. The molecule has 0 radical (unpaired) electrons. The number of halogens is 1. The number of benzene rings is 2.